The zero-order valence-electron chi connectivity index (χ0n) is 8.62. The number of hydrogen-bond donors (Lipinski definition) is 0. The molecule has 0 aliphatic carbocycles. The van der Waals surface area contributed by atoms with Crippen molar-refractivity contribution in [3.63, 3.8) is 0 Å². The summed E-state index contributed by atoms with van der Waals surface area (Å²) in [6, 6.07) is 10.3. The molecule has 13 heavy (non-hydrogen) atoms. The molecule has 1 aromatic rings. The Morgan fingerprint density at radius 2 is 1.77 bits per heavy atom. The number of benzene rings is 1. The summed E-state index contributed by atoms with van der Waals surface area (Å²) in [5.41, 5.74) is 1.46. The Morgan fingerprint density at radius 3 is 2.31 bits per heavy atom. The van der Waals surface area contributed by atoms with Gasteiger partial charge in [-0.3, -0.25) is 4.99 Å². The van der Waals surface area contributed by atoms with Crippen molar-refractivity contribution < 1.29 is 0 Å². The fourth-order valence-electron chi connectivity index (χ4n) is 1.01. The number of rotatable bonds is 2. The zero-order chi connectivity index (χ0) is 9.73. The van der Waals surface area contributed by atoms with Crippen LogP contribution in [0.1, 0.15) is 26.3 Å². The summed E-state index contributed by atoms with van der Waals surface area (Å²) in [6.07, 6.45) is 2.01. The van der Waals surface area contributed by atoms with Crippen molar-refractivity contribution in [2.45, 2.75) is 27.3 Å². The second kappa shape index (κ2) is 4.22. The fraction of sp³-hybridized carbons (Fsp3) is 0.417. The maximum Gasteiger partial charge on any atom is 0.0636 e. The lowest BCUT2D eigenvalue weighted by Crippen LogP contribution is -2.06. The Kier molecular flexibility index (Phi) is 3.24. The Morgan fingerprint density at radius 1 is 1.15 bits per heavy atom. The summed E-state index contributed by atoms with van der Waals surface area (Å²) in [4.78, 5) is 4.39. The molecule has 0 radical (unpaired) electrons. The summed E-state index contributed by atoms with van der Waals surface area (Å²) < 4.78 is 0. The van der Waals surface area contributed by atoms with Gasteiger partial charge < -0.3 is 0 Å². The Bertz CT molecular complexity index is 267. The van der Waals surface area contributed by atoms with Gasteiger partial charge in [-0.05, 0) is 11.0 Å². The number of hydrogen-bond acceptors (Lipinski definition) is 1. The van der Waals surface area contributed by atoms with E-state index in [2.05, 4.69) is 37.9 Å². The first kappa shape index (κ1) is 9.97. The van der Waals surface area contributed by atoms with Crippen LogP contribution in [-0.2, 0) is 6.54 Å². The van der Waals surface area contributed by atoms with E-state index in [1.807, 2.05) is 24.4 Å². The monoisotopic (exact) mass is 175 g/mol. The minimum absolute atomic E-state index is 0.189. The highest BCUT2D eigenvalue weighted by molar-refractivity contribution is 5.63. The third-order valence-electron chi connectivity index (χ3n) is 1.60. The van der Waals surface area contributed by atoms with Gasteiger partial charge >= 0.3 is 0 Å². The molecule has 0 aliphatic heterocycles. The van der Waals surface area contributed by atoms with Gasteiger partial charge in [0.1, 0.15) is 0 Å². The SMILES string of the molecule is CC(C)(C)C=NCc1ccccc1. The summed E-state index contributed by atoms with van der Waals surface area (Å²) in [7, 11) is 0. The van der Waals surface area contributed by atoms with E-state index < -0.39 is 0 Å². The third-order valence-corrected chi connectivity index (χ3v) is 1.60. The van der Waals surface area contributed by atoms with Gasteiger partial charge in [-0.2, -0.15) is 0 Å². The van der Waals surface area contributed by atoms with Crippen LogP contribution in [0.3, 0.4) is 0 Å². The molecule has 0 aliphatic rings. The van der Waals surface area contributed by atoms with Crippen molar-refractivity contribution in [3.8, 4) is 0 Å². The molecule has 1 rings (SSSR count). The van der Waals surface area contributed by atoms with Crippen LogP contribution in [0, 0.1) is 5.41 Å². The Balaban J connectivity index is 2.49. The van der Waals surface area contributed by atoms with E-state index in [0.29, 0.717) is 0 Å². The molecule has 0 heterocycles. The van der Waals surface area contributed by atoms with Crippen molar-refractivity contribution in [1.82, 2.24) is 0 Å². The average Bonchev–Trinajstić information content (AvgIpc) is 2.04. The maximum absolute atomic E-state index is 4.39. The predicted octanol–water partition coefficient (Wildman–Crippen LogP) is 3.30. The lowest BCUT2D eigenvalue weighted by Gasteiger charge is -2.09. The van der Waals surface area contributed by atoms with Gasteiger partial charge in [-0.15, -0.1) is 0 Å². The van der Waals surface area contributed by atoms with Gasteiger partial charge in [-0.1, -0.05) is 51.1 Å². The van der Waals surface area contributed by atoms with Gasteiger partial charge in [0.15, 0.2) is 0 Å². The van der Waals surface area contributed by atoms with E-state index in [-0.39, 0.29) is 5.41 Å². The first-order valence-corrected chi connectivity index (χ1v) is 4.63. The van der Waals surface area contributed by atoms with E-state index in [1.165, 1.54) is 5.56 Å². The molecule has 0 fully saturated rings. The van der Waals surface area contributed by atoms with E-state index in [1.54, 1.807) is 0 Å². The van der Waals surface area contributed by atoms with Crippen molar-refractivity contribution in [2.24, 2.45) is 10.4 Å². The van der Waals surface area contributed by atoms with Crippen LogP contribution in [-0.4, -0.2) is 6.21 Å². The summed E-state index contributed by atoms with van der Waals surface area (Å²) in [6.45, 7) is 7.25. The molecule has 0 aromatic heterocycles. The second-order valence-corrected chi connectivity index (χ2v) is 4.32. The molecule has 0 unspecified atom stereocenters. The first-order valence-electron chi connectivity index (χ1n) is 4.63. The molecule has 0 spiro atoms. The standard InChI is InChI=1S/C12H17N/c1-12(2,3)10-13-9-11-7-5-4-6-8-11/h4-8,10H,9H2,1-3H3. The summed E-state index contributed by atoms with van der Waals surface area (Å²) >= 11 is 0. The van der Waals surface area contributed by atoms with Crippen LogP contribution in [0.25, 0.3) is 0 Å². The highest BCUT2D eigenvalue weighted by Crippen LogP contribution is 2.09. The van der Waals surface area contributed by atoms with Gasteiger partial charge in [0.2, 0.25) is 0 Å². The van der Waals surface area contributed by atoms with Crippen LogP contribution >= 0.6 is 0 Å². The Hall–Kier alpha value is -1.11. The molecule has 1 aromatic carbocycles. The molecule has 0 atom stereocenters. The van der Waals surface area contributed by atoms with Gasteiger partial charge in [0.05, 0.1) is 6.54 Å². The molecule has 1 nitrogen and oxygen atoms in total. The maximum atomic E-state index is 4.39. The molecular formula is C12H17N. The quantitative estimate of drug-likeness (QED) is 0.611. The molecule has 0 bridgehead atoms. The minimum Gasteiger partial charge on any atom is -0.292 e. The summed E-state index contributed by atoms with van der Waals surface area (Å²) in [5.74, 6) is 0. The van der Waals surface area contributed by atoms with Gasteiger partial charge in [0, 0.05) is 6.21 Å². The highest BCUT2D eigenvalue weighted by atomic mass is 14.7. The normalized spacial score (nSPS) is 12.2. The van der Waals surface area contributed by atoms with Crippen molar-refractivity contribution in [1.29, 1.82) is 0 Å². The average molecular weight is 175 g/mol. The van der Waals surface area contributed by atoms with E-state index >= 15 is 0 Å². The lowest BCUT2D eigenvalue weighted by molar-refractivity contribution is 0.604. The molecule has 0 amide bonds. The molecule has 0 saturated heterocycles. The molecule has 70 valence electrons. The second-order valence-electron chi connectivity index (χ2n) is 4.32. The van der Waals surface area contributed by atoms with Gasteiger partial charge in [-0.25, -0.2) is 0 Å². The third kappa shape index (κ3) is 4.46. The Labute approximate surface area is 80.5 Å². The molecule has 0 saturated carbocycles. The summed E-state index contributed by atoms with van der Waals surface area (Å²) in [5, 5.41) is 0. The van der Waals surface area contributed by atoms with Crippen molar-refractivity contribution in [2.75, 3.05) is 0 Å². The topological polar surface area (TPSA) is 12.4 Å². The smallest absolute Gasteiger partial charge is 0.0636 e. The van der Waals surface area contributed by atoms with Crippen molar-refractivity contribution in [3.05, 3.63) is 35.9 Å². The van der Waals surface area contributed by atoms with Crippen LogP contribution in [0.5, 0.6) is 0 Å². The molecular weight excluding hydrogens is 158 g/mol. The zero-order valence-corrected chi connectivity index (χ0v) is 8.62. The lowest BCUT2D eigenvalue weighted by atomic mass is 9.99. The van der Waals surface area contributed by atoms with Crippen LogP contribution < -0.4 is 0 Å². The van der Waals surface area contributed by atoms with Crippen LogP contribution in [0.15, 0.2) is 35.3 Å². The largest absolute Gasteiger partial charge is 0.292 e. The molecule has 0 N–H and O–H groups in total. The van der Waals surface area contributed by atoms with Gasteiger partial charge in [0.25, 0.3) is 0 Å². The van der Waals surface area contributed by atoms with Crippen LogP contribution in [0.2, 0.25) is 0 Å². The van der Waals surface area contributed by atoms with Crippen molar-refractivity contribution >= 4 is 6.21 Å². The van der Waals surface area contributed by atoms with E-state index in [9.17, 15) is 0 Å². The highest BCUT2D eigenvalue weighted by Gasteiger charge is 2.03. The first-order chi connectivity index (χ1) is 6.08. The molecule has 1 heteroatoms. The number of aliphatic imine (C=N–C) groups is 1. The van der Waals surface area contributed by atoms with E-state index in [0.717, 1.165) is 6.54 Å². The predicted molar refractivity (Wildman–Crippen MR) is 58.1 cm³/mol. The number of nitrogens with zero attached hydrogens (tertiary/aromatic N) is 1. The minimum atomic E-state index is 0.189. The van der Waals surface area contributed by atoms with E-state index in [4.69, 9.17) is 0 Å². The fourth-order valence-corrected chi connectivity index (χ4v) is 1.01. The van der Waals surface area contributed by atoms with Crippen LogP contribution in [0.4, 0.5) is 0 Å².